The average Bonchev–Trinajstić information content (AvgIpc) is 2.52. The van der Waals surface area contributed by atoms with Crippen LogP contribution in [-0.4, -0.2) is 43.3 Å². The van der Waals surface area contributed by atoms with Crippen LogP contribution in [0.25, 0.3) is 0 Å². The first-order valence-corrected chi connectivity index (χ1v) is 11.5. The summed E-state index contributed by atoms with van der Waals surface area (Å²) in [5.41, 5.74) is -0.190. The number of alkyl halides is 2. The van der Waals surface area contributed by atoms with E-state index >= 15 is 0 Å². The quantitative estimate of drug-likeness (QED) is 0.414. The van der Waals surface area contributed by atoms with Crippen molar-refractivity contribution in [2.45, 2.75) is 76.0 Å². The van der Waals surface area contributed by atoms with E-state index in [-0.39, 0.29) is 21.6 Å². The zero-order valence-corrected chi connectivity index (χ0v) is 18.8. The topological polar surface area (TPSA) is 60.7 Å². The fourth-order valence-corrected chi connectivity index (χ4v) is 8.08. The Balaban J connectivity index is 2.19. The molecule has 3 aliphatic rings. The summed E-state index contributed by atoms with van der Waals surface area (Å²) in [5, 5.41) is 33.5. The van der Waals surface area contributed by atoms with Gasteiger partial charge in [0.25, 0.3) is 0 Å². The van der Waals surface area contributed by atoms with Gasteiger partial charge in [0.15, 0.2) is 0 Å². The summed E-state index contributed by atoms with van der Waals surface area (Å²) in [6, 6.07) is 0. The lowest BCUT2D eigenvalue weighted by atomic mass is 9.44. The predicted octanol–water partition coefficient (Wildman–Crippen LogP) is 4.03. The van der Waals surface area contributed by atoms with Crippen LogP contribution in [-0.2, 0) is 0 Å². The van der Waals surface area contributed by atoms with Crippen LogP contribution < -0.4 is 0 Å². The van der Waals surface area contributed by atoms with Crippen molar-refractivity contribution in [3.05, 3.63) is 11.6 Å². The zero-order valence-electron chi connectivity index (χ0n) is 15.7. The fraction of sp³-hybridized carbons (Fsp3) is 0.900. The summed E-state index contributed by atoms with van der Waals surface area (Å²) < 4.78 is 0. The van der Waals surface area contributed by atoms with E-state index in [2.05, 4.69) is 52.6 Å². The number of rotatable bonds is 2. The number of hydrogen-bond donors (Lipinski definition) is 3. The highest BCUT2D eigenvalue weighted by Crippen LogP contribution is 2.66. The second-order valence-corrected chi connectivity index (χ2v) is 11.1. The number of halogens is 2. The SMILES string of the molecule is CC(C)[C@@H]1C[C@H](O)C=C2[C@@H]3[C@](C)(O)[C@@H](O)C[C@H](Br)[C@@]3(C)CC[C@@]21CBr. The molecule has 0 amide bonds. The highest BCUT2D eigenvalue weighted by Gasteiger charge is 2.65. The molecule has 0 bridgehead atoms. The first-order chi connectivity index (χ1) is 11.5. The van der Waals surface area contributed by atoms with E-state index in [9.17, 15) is 15.3 Å². The molecule has 144 valence electrons. The maximum Gasteiger partial charge on any atom is 0.0948 e. The maximum atomic E-state index is 11.4. The van der Waals surface area contributed by atoms with E-state index in [1.54, 1.807) is 6.92 Å². The second kappa shape index (κ2) is 6.58. The van der Waals surface area contributed by atoms with Gasteiger partial charge in [-0.3, -0.25) is 0 Å². The molecule has 5 heteroatoms. The van der Waals surface area contributed by atoms with Gasteiger partial charge in [-0.2, -0.15) is 0 Å². The molecule has 25 heavy (non-hydrogen) atoms. The third-order valence-electron chi connectivity index (χ3n) is 7.68. The molecule has 0 heterocycles. The highest BCUT2D eigenvalue weighted by atomic mass is 79.9. The second-order valence-electron chi connectivity index (χ2n) is 9.45. The van der Waals surface area contributed by atoms with Gasteiger partial charge in [0, 0.05) is 21.5 Å². The normalized spacial score (nSPS) is 53.2. The molecule has 0 aliphatic heterocycles. The van der Waals surface area contributed by atoms with E-state index in [4.69, 9.17) is 0 Å². The molecule has 3 N–H and O–H groups in total. The molecule has 3 nitrogen and oxygen atoms in total. The van der Waals surface area contributed by atoms with Crippen LogP contribution in [0.4, 0.5) is 0 Å². The van der Waals surface area contributed by atoms with Gasteiger partial charge in [0.05, 0.1) is 17.8 Å². The number of hydrogen-bond acceptors (Lipinski definition) is 3. The number of aliphatic hydroxyl groups excluding tert-OH is 2. The monoisotopic (exact) mass is 478 g/mol. The summed E-state index contributed by atoms with van der Waals surface area (Å²) in [4.78, 5) is 0.158. The molecule has 0 spiro atoms. The van der Waals surface area contributed by atoms with Crippen LogP contribution in [0.15, 0.2) is 11.6 Å². The Hall–Kier alpha value is 0.580. The van der Waals surface area contributed by atoms with Gasteiger partial charge >= 0.3 is 0 Å². The van der Waals surface area contributed by atoms with E-state index in [1.165, 1.54) is 5.57 Å². The Morgan fingerprint density at radius 2 is 1.84 bits per heavy atom. The molecule has 0 unspecified atom stereocenters. The van der Waals surface area contributed by atoms with Crippen LogP contribution in [0.3, 0.4) is 0 Å². The third-order valence-corrected chi connectivity index (χ3v) is 10.1. The van der Waals surface area contributed by atoms with Crippen LogP contribution >= 0.6 is 31.9 Å². The molecule has 3 rings (SSSR count). The molecule has 3 aliphatic carbocycles. The Bertz CT molecular complexity index is 561. The Kier molecular flexibility index (Phi) is 5.35. The Morgan fingerprint density at radius 1 is 1.20 bits per heavy atom. The lowest BCUT2D eigenvalue weighted by Crippen LogP contribution is -2.66. The summed E-state index contributed by atoms with van der Waals surface area (Å²) in [5.74, 6) is 0.671. The molecule has 0 aromatic carbocycles. The minimum atomic E-state index is -1.18. The van der Waals surface area contributed by atoms with E-state index < -0.39 is 17.8 Å². The van der Waals surface area contributed by atoms with Gasteiger partial charge in [-0.1, -0.05) is 64.3 Å². The van der Waals surface area contributed by atoms with Crippen LogP contribution in [0.2, 0.25) is 0 Å². The fourth-order valence-electron chi connectivity index (χ4n) is 6.22. The molecular formula is C20H32Br2O3. The van der Waals surface area contributed by atoms with E-state index in [1.807, 2.05) is 6.08 Å². The maximum absolute atomic E-state index is 11.4. The van der Waals surface area contributed by atoms with Gasteiger partial charge in [0.2, 0.25) is 0 Å². The minimum absolute atomic E-state index is 0.0503. The van der Waals surface area contributed by atoms with Gasteiger partial charge in [-0.15, -0.1) is 0 Å². The molecule has 8 atom stereocenters. The largest absolute Gasteiger partial charge is 0.390 e. The summed E-state index contributed by atoms with van der Waals surface area (Å²) >= 11 is 7.62. The highest BCUT2D eigenvalue weighted by molar-refractivity contribution is 9.09. The molecule has 0 radical (unpaired) electrons. The predicted molar refractivity (Wildman–Crippen MR) is 108 cm³/mol. The van der Waals surface area contributed by atoms with Gasteiger partial charge in [-0.05, 0) is 49.9 Å². The van der Waals surface area contributed by atoms with Crippen molar-refractivity contribution in [2.24, 2.45) is 28.6 Å². The van der Waals surface area contributed by atoms with Gasteiger partial charge < -0.3 is 15.3 Å². The number of aliphatic hydroxyl groups is 3. The van der Waals surface area contributed by atoms with Crippen molar-refractivity contribution in [1.29, 1.82) is 0 Å². The standard InChI is InChI=1S/C20H32Br2O3/c1-11(2)13-7-12(23)8-14-17-18(3,5-6-20(13,14)10-21)15(22)9-16(24)19(17,4)25/h8,11-13,15-17,23-25H,5-7,9-10H2,1-4H3/t12-,13-,15-,16-,17-,18+,19+,20-/m0/s1. The van der Waals surface area contributed by atoms with Gasteiger partial charge in [-0.25, -0.2) is 0 Å². The van der Waals surface area contributed by atoms with Crippen molar-refractivity contribution in [2.75, 3.05) is 5.33 Å². The first kappa shape index (κ1) is 20.3. The number of fused-ring (bicyclic) bond motifs is 3. The Labute approximate surface area is 168 Å². The first-order valence-electron chi connectivity index (χ1n) is 9.51. The smallest absolute Gasteiger partial charge is 0.0948 e. The molecular weight excluding hydrogens is 448 g/mol. The zero-order chi connectivity index (χ0) is 18.8. The van der Waals surface area contributed by atoms with Crippen molar-refractivity contribution in [3.63, 3.8) is 0 Å². The molecule has 0 saturated heterocycles. The van der Waals surface area contributed by atoms with Crippen molar-refractivity contribution >= 4 is 31.9 Å². The van der Waals surface area contributed by atoms with Crippen molar-refractivity contribution < 1.29 is 15.3 Å². The summed E-state index contributed by atoms with van der Waals surface area (Å²) in [6.45, 7) is 8.50. The van der Waals surface area contributed by atoms with Crippen LogP contribution in [0.1, 0.15) is 53.4 Å². The van der Waals surface area contributed by atoms with E-state index in [0.29, 0.717) is 18.3 Å². The molecule has 0 aromatic rings. The summed E-state index contributed by atoms with van der Waals surface area (Å²) in [7, 11) is 0. The van der Waals surface area contributed by atoms with Crippen molar-refractivity contribution in [3.8, 4) is 0 Å². The summed E-state index contributed by atoms with van der Waals surface area (Å²) in [6.07, 6.45) is 4.18. The van der Waals surface area contributed by atoms with E-state index in [0.717, 1.165) is 24.6 Å². The molecule has 2 saturated carbocycles. The third kappa shape index (κ3) is 2.83. The minimum Gasteiger partial charge on any atom is -0.390 e. The van der Waals surface area contributed by atoms with Gasteiger partial charge in [0.1, 0.15) is 0 Å². The molecule has 2 fully saturated rings. The van der Waals surface area contributed by atoms with Crippen LogP contribution in [0.5, 0.6) is 0 Å². The lowest BCUT2D eigenvalue weighted by Gasteiger charge is -2.64. The van der Waals surface area contributed by atoms with Crippen LogP contribution in [0, 0.1) is 28.6 Å². The Morgan fingerprint density at radius 3 is 2.40 bits per heavy atom. The molecule has 0 aromatic heterocycles. The lowest BCUT2D eigenvalue weighted by molar-refractivity contribution is -0.172. The average molecular weight is 480 g/mol. The van der Waals surface area contributed by atoms with Crippen molar-refractivity contribution in [1.82, 2.24) is 0 Å².